The predicted octanol–water partition coefficient (Wildman–Crippen LogP) is 2.55. The van der Waals surface area contributed by atoms with Gasteiger partial charge in [0.05, 0.1) is 11.9 Å². The first-order valence-corrected chi connectivity index (χ1v) is 6.02. The van der Waals surface area contributed by atoms with Crippen LogP contribution in [0.1, 0.15) is 11.3 Å². The molecule has 94 valence electrons. The quantitative estimate of drug-likeness (QED) is 0.907. The molecule has 1 unspecified atom stereocenters. The van der Waals surface area contributed by atoms with Gasteiger partial charge >= 0.3 is 0 Å². The van der Waals surface area contributed by atoms with E-state index in [1.165, 1.54) is 6.08 Å². The first-order chi connectivity index (χ1) is 8.60. The highest BCUT2D eigenvalue weighted by molar-refractivity contribution is 6.55. The molecule has 0 fully saturated rings. The van der Waals surface area contributed by atoms with Crippen LogP contribution in [0.2, 0.25) is 0 Å². The topological polar surface area (TPSA) is 61.8 Å². The van der Waals surface area contributed by atoms with Gasteiger partial charge in [-0.25, -0.2) is 0 Å². The molecule has 4 nitrogen and oxygen atoms in total. The monoisotopic (exact) mass is 283 g/mol. The molecule has 0 aliphatic rings. The van der Waals surface area contributed by atoms with Crippen molar-refractivity contribution < 1.29 is 5.11 Å². The summed E-state index contributed by atoms with van der Waals surface area (Å²) in [6, 6.07) is 9.13. The Bertz CT molecular complexity index is 524. The Kier molecular flexibility index (Phi) is 4.01. The van der Waals surface area contributed by atoms with Crippen LogP contribution in [-0.4, -0.2) is 20.5 Å². The Labute approximate surface area is 114 Å². The third-order valence-corrected chi connectivity index (χ3v) is 2.76. The lowest BCUT2D eigenvalue weighted by Gasteiger charge is -2.24. The molecule has 1 atom stereocenters. The second-order valence-corrected chi connectivity index (χ2v) is 4.87. The predicted molar refractivity (Wildman–Crippen MR) is 70.2 cm³/mol. The molecule has 2 N–H and O–H groups in total. The lowest BCUT2D eigenvalue weighted by atomic mass is 9.89. The van der Waals surface area contributed by atoms with E-state index in [1.54, 1.807) is 18.3 Å². The Balaban J connectivity index is 2.38. The molecule has 2 rings (SSSR count). The van der Waals surface area contributed by atoms with Crippen molar-refractivity contribution >= 4 is 23.2 Å². The number of hydrogen-bond acceptors (Lipinski definition) is 3. The summed E-state index contributed by atoms with van der Waals surface area (Å²) in [5.74, 6) is 0. The van der Waals surface area contributed by atoms with E-state index in [0.29, 0.717) is 11.3 Å². The average Bonchev–Trinajstić information content (AvgIpc) is 2.81. The SMILES string of the molecule is OC(C=C(Cl)Cl)(Cc1cn[nH]n1)c1ccccc1. The third kappa shape index (κ3) is 3.10. The largest absolute Gasteiger partial charge is 0.381 e. The van der Waals surface area contributed by atoms with Crippen LogP contribution in [0.5, 0.6) is 0 Å². The van der Waals surface area contributed by atoms with E-state index in [4.69, 9.17) is 23.2 Å². The van der Waals surface area contributed by atoms with Crippen LogP contribution < -0.4 is 0 Å². The number of halogens is 2. The molecule has 0 spiro atoms. The van der Waals surface area contributed by atoms with Crippen molar-refractivity contribution in [3.63, 3.8) is 0 Å². The van der Waals surface area contributed by atoms with Crippen molar-refractivity contribution in [3.05, 3.63) is 58.4 Å². The number of benzene rings is 1. The number of nitrogens with zero attached hydrogens (tertiary/aromatic N) is 2. The zero-order valence-corrected chi connectivity index (χ0v) is 10.9. The second kappa shape index (κ2) is 5.52. The molecule has 1 aromatic heterocycles. The normalized spacial score (nSPS) is 13.9. The van der Waals surface area contributed by atoms with E-state index in [9.17, 15) is 5.11 Å². The smallest absolute Gasteiger partial charge is 0.116 e. The molecular formula is C12H11Cl2N3O. The maximum atomic E-state index is 10.7. The summed E-state index contributed by atoms with van der Waals surface area (Å²) in [5.41, 5.74) is -0.00395. The lowest BCUT2D eigenvalue weighted by molar-refractivity contribution is 0.0887. The fourth-order valence-electron chi connectivity index (χ4n) is 1.73. The van der Waals surface area contributed by atoms with Gasteiger partial charge in [0.25, 0.3) is 0 Å². The van der Waals surface area contributed by atoms with E-state index in [1.807, 2.05) is 18.2 Å². The molecule has 0 aliphatic carbocycles. The van der Waals surface area contributed by atoms with Crippen LogP contribution >= 0.6 is 23.2 Å². The van der Waals surface area contributed by atoms with E-state index >= 15 is 0 Å². The molecule has 1 heterocycles. The number of H-pyrrole nitrogens is 1. The minimum atomic E-state index is -1.31. The molecule has 1 aromatic carbocycles. The molecule has 0 radical (unpaired) electrons. The van der Waals surface area contributed by atoms with Crippen LogP contribution in [0.3, 0.4) is 0 Å². The number of aliphatic hydroxyl groups is 1. The third-order valence-electron chi connectivity index (χ3n) is 2.54. The lowest BCUT2D eigenvalue weighted by Crippen LogP contribution is -2.26. The van der Waals surface area contributed by atoms with Crippen molar-refractivity contribution in [1.82, 2.24) is 15.4 Å². The van der Waals surface area contributed by atoms with Gasteiger partial charge in [-0.05, 0) is 11.6 Å². The average molecular weight is 284 g/mol. The fourth-order valence-corrected chi connectivity index (χ4v) is 2.09. The summed E-state index contributed by atoms with van der Waals surface area (Å²) >= 11 is 11.3. The van der Waals surface area contributed by atoms with E-state index < -0.39 is 5.60 Å². The van der Waals surface area contributed by atoms with Gasteiger partial charge in [0.1, 0.15) is 10.1 Å². The first kappa shape index (κ1) is 13.1. The highest BCUT2D eigenvalue weighted by atomic mass is 35.5. The molecule has 0 saturated carbocycles. The zero-order valence-electron chi connectivity index (χ0n) is 9.35. The molecule has 18 heavy (non-hydrogen) atoms. The molecule has 0 saturated heterocycles. The van der Waals surface area contributed by atoms with Crippen molar-refractivity contribution in [2.75, 3.05) is 0 Å². The highest BCUT2D eigenvalue weighted by Gasteiger charge is 2.28. The Morgan fingerprint density at radius 1 is 1.33 bits per heavy atom. The number of aromatic nitrogens is 3. The molecule has 0 aliphatic heterocycles. The van der Waals surface area contributed by atoms with Gasteiger partial charge in [0.2, 0.25) is 0 Å². The maximum Gasteiger partial charge on any atom is 0.116 e. The van der Waals surface area contributed by atoms with Gasteiger partial charge in [-0.2, -0.15) is 15.4 Å². The van der Waals surface area contributed by atoms with Crippen molar-refractivity contribution in [3.8, 4) is 0 Å². The summed E-state index contributed by atoms with van der Waals surface area (Å²) in [5, 5.41) is 20.8. The van der Waals surface area contributed by atoms with E-state index in [2.05, 4.69) is 15.4 Å². The van der Waals surface area contributed by atoms with E-state index in [-0.39, 0.29) is 10.9 Å². The summed E-state index contributed by atoms with van der Waals surface area (Å²) in [6.45, 7) is 0. The van der Waals surface area contributed by atoms with Gasteiger partial charge in [-0.1, -0.05) is 53.5 Å². The van der Waals surface area contributed by atoms with Crippen molar-refractivity contribution in [2.45, 2.75) is 12.0 Å². The first-order valence-electron chi connectivity index (χ1n) is 5.26. The summed E-state index contributed by atoms with van der Waals surface area (Å²) in [7, 11) is 0. The molecular weight excluding hydrogens is 273 g/mol. The van der Waals surface area contributed by atoms with Gasteiger partial charge in [0.15, 0.2) is 0 Å². The minimum absolute atomic E-state index is 0.00449. The molecule has 0 bridgehead atoms. The van der Waals surface area contributed by atoms with Crippen LogP contribution in [-0.2, 0) is 12.0 Å². The Hall–Kier alpha value is -1.36. The molecule has 2 aromatic rings. The maximum absolute atomic E-state index is 10.7. The number of hydrogen-bond donors (Lipinski definition) is 2. The summed E-state index contributed by atoms with van der Waals surface area (Å²) in [6.07, 6.45) is 3.17. The number of nitrogens with one attached hydrogen (secondary N) is 1. The van der Waals surface area contributed by atoms with E-state index in [0.717, 1.165) is 0 Å². The number of aromatic amines is 1. The summed E-state index contributed by atoms with van der Waals surface area (Å²) in [4.78, 5) is 0. The standard InChI is InChI=1S/C12H11Cl2N3O/c13-11(14)7-12(18,6-10-8-15-17-16-10)9-4-2-1-3-5-9/h1-5,7-8,18H,6H2,(H,15,16,17). The van der Waals surface area contributed by atoms with Gasteiger partial charge < -0.3 is 5.11 Å². The Morgan fingerprint density at radius 3 is 2.61 bits per heavy atom. The van der Waals surface area contributed by atoms with Crippen molar-refractivity contribution in [1.29, 1.82) is 0 Å². The minimum Gasteiger partial charge on any atom is -0.381 e. The van der Waals surface area contributed by atoms with Crippen LogP contribution in [0, 0.1) is 0 Å². The molecule has 0 amide bonds. The fraction of sp³-hybridized carbons (Fsp3) is 0.167. The van der Waals surface area contributed by atoms with Crippen LogP contribution in [0.15, 0.2) is 47.1 Å². The summed E-state index contributed by atoms with van der Waals surface area (Å²) < 4.78 is 0.00449. The van der Waals surface area contributed by atoms with Gasteiger partial charge in [-0.15, -0.1) is 0 Å². The zero-order chi connectivity index (χ0) is 13.0. The van der Waals surface area contributed by atoms with Crippen LogP contribution in [0.25, 0.3) is 0 Å². The molecule has 6 heteroatoms. The number of rotatable bonds is 4. The Morgan fingerprint density at radius 2 is 2.06 bits per heavy atom. The van der Waals surface area contributed by atoms with Crippen molar-refractivity contribution in [2.24, 2.45) is 0 Å². The second-order valence-electron chi connectivity index (χ2n) is 3.86. The highest BCUT2D eigenvalue weighted by Crippen LogP contribution is 2.29. The van der Waals surface area contributed by atoms with Crippen LogP contribution in [0.4, 0.5) is 0 Å². The van der Waals surface area contributed by atoms with Gasteiger partial charge in [0, 0.05) is 6.42 Å². The van der Waals surface area contributed by atoms with Gasteiger partial charge in [-0.3, -0.25) is 0 Å².